The lowest BCUT2D eigenvalue weighted by molar-refractivity contribution is 0.0472. The Balaban J connectivity index is 1.38. The summed E-state index contributed by atoms with van der Waals surface area (Å²) in [5.74, 6) is -0.538. The van der Waals surface area contributed by atoms with E-state index in [2.05, 4.69) is 6.07 Å². The molecule has 1 saturated heterocycles. The van der Waals surface area contributed by atoms with E-state index in [4.69, 9.17) is 9.47 Å². The van der Waals surface area contributed by atoms with E-state index in [1.54, 1.807) is 6.07 Å². The third-order valence-corrected chi connectivity index (χ3v) is 7.29. The smallest absolute Gasteiger partial charge is 0.338 e. The van der Waals surface area contributed by atoms with Crippen LogP contribution in [0.25, 0.3) is 11.1 Å². The van der Waals surface area contributed by atoms with Crippen molar-refractivity contribution in [3.05, 3.63) is 89.5 Å². The molecule has 33 heavy (non-hydrogen) atoms. The van der Waals surface area contributed by atoms with E-state index in [0.717, 1.165) is 16.7 Å². The summed E-state index contributed by atoms with van der Waals surface area (Å²) in [6.45, 7) is 1.44. The van der Waals surface area contributed by atoms with Crippen LogP contribution in [0, 0.1) is 11.3 Å². The fourth-order valence-corrected chi connectivity index (χ4v) is 4.95. The monoisotopic (exact) mass is 462 g/mol. The molecule has 0 N–H and O–H groups in total. The van der Waals surface area contributed by atoms with Crippen LogP contribution in [-0.4, -0.2) is 45.0 Å². The maximum atomic E-state index is 12.7. The van der Waals surface area contributed by atoms with E-state index >= 15 is 0 Å². The molecular weight excluding hydrogens is 440 g/mol. The van der Waals surface area contributed by atoms with Gasteiger partial charge in [0.15, 0.2) is 0 Å². The number of carbonyl (C=O) groups is 1. The van der Waals surface area contributed by atoms with E-state index in [-0.39, 0.29) is 17.1 Å². The van der Waals surface area contributed by atoms with Gasteiger partial charge in [-0.05, 0) is 47.0 Å². The molecule has 0 atom stereocenters. The van der Waals surface area contributed by atoms with Gasteiger partial charge in [0.2, 0.25) is 10.0 Å². The molecule has 3 aromatic carbocycles. The quantitative estimate of drug-likeness (QED) is 0.519. The molecule has 4 rings (SSSR count). The standard InChI is InChI=1S/C25H22N2O5S/c26-17-22-3-1-2-4-24(22)20-7-5-19(6-8-20)18-32-25(28)21-9-11-23(12-10-21)33(29,30)27-13-15-31-16-14-27/h1-12H,13-16,18H2. The van der Waals surface area contributed by atoms with Crippen molar-refractivity contribution in [1.29, 1.82) is 5.26 Å². The number of carbonyl (C=O) groups excluding carboxylic acids is 1. The fraction of sp³-hybridized carbons (Fsp3) is 0.200. The molecule has 0 aromatic heterocycles. The van der Waals surface area contributed by atoms with Gasteiger partial charge >= 0.3 is 5.97 Å². The fourth-order valence-electron chi connectivity index (χ4n) is 3.54. The predicted octanol–water partition coefficient (Wildman–Crippen LogP) is 3.60. The third-order valence-electron chi connectivity index (χ3n) is 5.38. The Kier molecular flexibility index (Phi) is 6.84. The van der Waals surface area contributed by atoms with Crippen molar-refractivity contribution in [1.82, 2.24) is 4.31 Å². The second-order valence-corrected chi connectivity index (χ2v) is 9.41. The summed E-state index contributed by atoms with van der Waals surface area (Å²) in [5, 5.41) is 9.27. The Morgan fingerprint density at radius 1 is 0.970 bits per heavy atom. The summed E-state index contributed by atoms with van der Waals surface area (Å²) >= 11 is 0. The van der Waals surface area contributed by atoms with Crippen molar-refractivity contribution < 1.29 is 22.7 Å². The summed E-state index contributed by atoms with van der Waals surface area (Å²) in [7, 11) is -3.61. The summed E-state index contributed by atoms with van der Waals surface area (Å²) in [6.07, 6.45) is 0. The van der Waals surface area contributed by atoms with Gasteiger partial charge in [0.25, 0.3) is 0 Å². The highest BCUT2D eigenvalue weighted by Crippen LogP contribution is 2.24. The number of hydrogen-bond donors (Lipinski definition) is 0. The molecule has 1 aliphatic rings. The maximum absolute atomic E-state index is 12.7. The Morgan fingerprint density at radius 3 is 2.30 bits per heavy atom. The SMILES string of the molecule is N#Cc1ccccc1-c1ccc(COC(=O)c2ccc(S(=O)(=O)N3CCOCC3)cc2)cc1. The lowest BCUT2D eigenvalue weighted by atomic mass is 9.99. The molecule has 0 unspecified atom stereocenters. The second-order valence-electron chi connectivity index (χ2n) is 7.47. The Hall–Kier alpha value is -3.51. The van der Waals surface area contributed by atoms with Gasteiger partial charge in [-0.15, -0.1) is 0 Å². The van der Waals surface area contributed by atoms with Crippen LogP contribution in [0.15, 0.2) is 77.7 Å². The number of morpholine rings is 1. The van der Waals surface area contributed by atoms with Crippen LogP contribution in [0.5, 0.6) is 0 Å². The van der Waals surface area contributed by atoms with Gasteiger partial charge in [-0.2, -0.15) is 9.57 Å². The van der Waals surface area contributed by atoms with E-state index in [0.29, 0.717) is 31.9 Å². The van der Waals surface area contributed by atoms with Crippen LogP contribution in [0.1, 0.15) is 21.5 Å². The zero-order valence-electron chi connectivity index (χ0n) is 17.8. The number of rotatable bonds is 6. The Morgan fingerprint density at radius 2 is 1.64 bits per heavy atom. The van der Waals surface area contributed by atoms with Crippen molar-refractivity contribution in [3.63, 3.8) is 0 Å². The number of sulfonamides is 1. The van der Waals surface area contributed by atoms with Gasteiger partial charge in [0.1, 0.15) is 6.61 Å². The minimum absolute atomic E-state index is 0.0762. The van der Waals surface area contributed by atoms with Gasteiger partial charge in [-0.1, -0.05) is 42.5 Å². The molecule has 0 amide bonds. The van der Waals surface area contributed by atoms with Crippen LogP contribution in [0.4, 0.5) is 0 Å². The van der Waals surface area contributed by atoms with Crippen LogP contribution in [0.2, 0.25) is 0 Å². The predicted molar refractivity (Wildman–Crippen MR) is 122 cm³/mol. The van der Waals surface area contributed by atoms with Crippen molar-refractivity contribution in [2.75, 3.05) is 26.3 Å². The number of benzene rings is 3. The molecule has 0 saturated carbocycles. The lowest BCUT2D eigenvalue weighted by Crippen LogP contribution is -2.40. The Labute approximate surface area is 192 Å². The van der Waals surface area contributed by atoms with E-state index in [9.17, 15) is 18.5 Å². The average Bonchev–Trinajstić information content (AvgIpc) is 2.88. The molecule has 1 heterocycles. The van der Waals surface area contributed by atoms with Gasteiger partial charge in [0, 0.05) is 13.1 Å². The van der Waals surface area contributed by atoms with Gasteiger partial charge in [-0.25, -0.2) is 13.2 Å². The summed E-state index contributed by atoms with van der Waals surface area (Å²) in [5.41, 5.74) is 3.41. The average molecular weight is 463 g/mol. The van der Waals surface area contributed by atoms with Gasteiger partial charge in [0.05, 0.1) is 35.3 Å². The molecule has 168 valence electrons. The molecule has 0 spiro atoms. The minimum atomic E-state index is -3.61. The molecule has 0 bridgehead atoms. The number of nitrogens with zero attached hydrogens (tertiary/aromatic N) is 2. The maximum Gasteiger partial charge on any atom is 0.338 e. The minimum Gasteiger partial charge on any atom is -0.457 e. The van der Waals surface area contributed by atoms with E-state index < -0.39 is 16.0 Å². The van der Waals surface area contributed by atoms with E-state index in [1.165, 1.54) is 28.6 Å². The first-order valence-electron chi connectivity index (χ1n) is 10.4. The van der Waals surface area contributed by atoms with Crippen LogP contribution in [-0.2, 0) is 26.1 Å². The van der Waals surface area contributed by atoms with Gasteiger partial charge < -0.3 is 9.47 Å². The molecular formula is C25H22N2O5S. The number of nitriles is 1. The molecule has 1 fully saturated rings. The number of hydrogen-bond acceptors (Lipinski definition) is 6. The van der Waals surface area contributed by atoms with Crippen LogP contribution >= 0.6 is 0 Å². The second kappa shape index (κ2) is 9.96. The first kappa shape index (κ1) is 22.7. The largest absolute Gasteiger partial charge is 0.457 e. The highest BCUT2D eigenvalue weighted by molar-refractivity contribution is 7.89. The number of ether oxygens (including phenoxy) is 2. The summed E-state index contributed by atoms with van der Waals surface area (Å²) in [4.78, 5) is 12.6. The zero-order chi connectivity index (χ0) is 23.3. The first-order chi connectivity index (χ1) is 16.0. The molecule has 0 radical (unpaired) electrons. The normalized spacial score (nSPS) is 14.4. The van der Waals surface area contributed by atoms with Crippen LogP contribution < -0.4 is 0 Å². The molecule has 8 heteroatoms. The third kappa shape index (κ3) is 5.12. The molecule has 1 aliphatic heterocycles. The summed E-state index contributed by atoms with van der Waals surface area (Å²) < 4.78 is 37.3. The highest BCUT2D eigenvalue weighted by atomic mass is 32.2. The highest BCUT2D eigenvalue weighted by Gasteiger charge is 2.26. The van der Waals surface area contributed by atoms with Crippen molar-refractivity contribution in [3.8, 4) is 17.2 Å². The van der Waals surface area contributed by atoms with Crippen LogP contribution in [0.3, 0.4) is 0 Å². The molecule has 3 aromatic rings. The zero-order valence-corrected chi connectivity index (χ0v) is 18.6. The van der Waals surface area contributed by atoms with E-state index in [1.807, 2.05) is 42.5 Å². The van der Waals surface area contributed by atoms with Gasteiger partial charge in [-0.3, -0.25) is 0 Å². The Bertz CT molecular complexity index is 1270. The molecule has 7 nitrogen and oxygen atoms in total. The van der Waals surface area contributed by atoms with Crippen molar-refractivity contribution >= 4 is 16.0 Å². The number of esters is 1. The van der Waals surface area contributed by atoms with Crippen molar-refractivity contribution in [2.24, 2.45) is 0 Å². The van der Waals surface area contributed by atoms with Crippen molar-refractivity contribution in [2.45, 2.75) is 11.5 Å². The lowest BCUT2D eigenvalue weighted by Gasteiger charge is -2.26. The first-order valence-corrected chi connectivity index (χ1v) is 11.9. The molecule has 0 aliphatic carbocycles. The summed E-state index contributed by atoms with van der Waals surface area (Å²) in [6, 6.07) is 22.7. The topological polar surface area (TPSA) is 96.7 Å².